The number of amides is 2. The predicted molar refractivity (Wildman–Crippen MR) is 102 cm³/mol. The monoisotopic (exact) mass is 351 g/mol. The fourth-order valence-corrected chi connectivity index (χ4v) is 2.13. The molecule has 2 aromatic carbocycles. The molecule has 0 aliphatic rings. The molecule has 0 heterocycles. The van der Waals surface area contributed by atoms with Gasteiger partial charge >= 0.3 is 0 Å². The summed E-state index contributed by atoms with van der Waals surface area (Å²) in [4.78, 5) is 23.6. The largest absolute Gasteiger partial charge is 0.496 e. The minimum Gasteiger partial charge on any atom is -0.496 e. The maximum atomic E-state index is 11.8. The maximum Gasteiger partial charge on any atom is 0.259 e. The molecular weight excluding hydrogens is 330 g/mol. The lowest BCUT2D eigenvalue weighted by Crippen LogP contribution is -2.34. The zero-order valence-corrected chi connectivity index (χ0v) is 14.7. The van der Waals surface area contributed by atoms with E-state index in [4.69, 9.17) is 4.74 Å². The molecule has 0 radical (unpaired) electrons. The van der Waals surface area contributed by atoms with Crippen LogP contribution in [0.2, 0.25) is 0 Å². The number of carbonyl (C=O) groups is 2. The molecule has 0 atom stereocenters. The van der Waals surface area contributed by atoms with Gasteiger partial charge in [0, 0.05) is 11.6 Å². The molecule has 0 unspecified atom stereocenters. The van der Waals surface area contributed by atoms with Crippen LogP contribution >= 0.6 is 0 Å². The van der Waals surface area contributed by atoms with Gasteiger partial charge in [0.15, 0.2) is 0 Å². The van der Waals surface area contributed by atoms with Gasteiger partial charge < -0.3 is 10.1 Å². The number of para-hydroxylation sites is 1. The van der Waals surface area contributed by atoms with E-state index in [1.165, 1.54) is 6.08 Å². The first-order valence-corrected chi connectivity index (χ1v) is 8.07. The van der Waals surface area contributed by atoms with Crippen molar-refractivity contribution in [1.82, 2.24) is 10.7 Å². The minimum absolute atomic E-state index is 0.166. The van der Waals surface area contributed by atoms with E-state index in [0.29, 0.717) is 11.5 Å². The highest BCUT2D eigenvalue weighted by Gasteiger charge is 2.04. The predicted octanol–water partition coefficient (Wildman–Crippen LogP) is 2.37. The third kappa shape index (κ3) is 5.90. The molecule has 2 N–H and O–H groups in total. The maximum absolute atomic E-state index is 11.8. The summed E-state index contributed by atoms with van der Waals surface area (Å²) < 4.78 is 5.20. The van der Waals surface area contributed by atoms with Crippen molar-refractivity contribution in [2.45, 2.75) is 6.92 Å². The van der Waals surface area contributed by atoms with E-state index >= 15 is 0 Å². The lowest BCUT2D eigenvalue weighted by Gasteiger charge is -2.04. The van der Waals surface area contributed by atoms with Gasteiger partial charge in [0.25, 0.3) is 5.91 Å². The fraction of sp³-hybridized carbons (Fsp3) is 0.150. The summed E-state index contributed by atoms with van der Waals surface area (Å²) in [6.07, 6.45) is 2.98. The van der Waals surface area contributed by atoms with Crippen molar-refractivity contribution < 1.29 is 14.3 Å². The molecule has 2 aromatic rings. The second-order valence-electron chi connectivity index (χ2n) is 5.39. The number of hydrogen-bond donors (Lipinski definition) is 2. The summed E-state index contributed by atoms with van der Waals surface area (Å²) in [5.41, 5.74) is 4.79. The smallest absolute Gasteiger partial charge is 0.259 e. The van der Waals surface area contributed by atoms with Crippen LogP contribution < -0.4 is 15.5 Å². The van der Waals surface area contributed by atoms with Crippen LogP contribution in [0.3, 0.4) is 0 Å². The summed E-state index contributed by atoms with van der Waals surface area (Å²) in [5.74, 6) is -0.117. The normalized spacial score (nSPS) is 11.2. The average molecular weight is 351 g/mol. The van der Waals surface area contributed by atoms with Crippen LogP contribution in [-0.4, -0.2) is 31.2 Å². The van der Waals surface area contributed by atoms with Gasteiger partial charge in [-0.05, 0) is 24.6 Å². The van der Waals surface area contributed by atoms with Gasteiger partial charge in [-0.25, -0.2) is 5.43 Å². The molecule has 0 saturated heterocycles. The van der Waals surface area contributed by atoms with Crippen molar-refractivity contribution in [2.24, 2.45) is 5.10 Å². The average Bonchev–Trinajstić information content (AvgIpc) is 2.69. The van der Waals surface area contributed by atoms with E-state index in [1.54, 1.807) is 26.2 Å². The Hall–Kier alpha value is -3.41. The van der Waals surface area contributed by atoms with Crippen molar-refractivity contribution >= 4 is 23.6 Å². The molecule has 6 heteroatoms. The first kappa shape index (κ1) is 18.9. The van der Waals surface area contributed by atoms with E-state index in [0.717, 1.165) is 11.1 Å². The molecule has 0 bridgehead atoms. The van der Waals surface area contributed by atoms with Crippen LogP contribution in [0.25, 0.3) is 6.08 Å². The van der Waals surface area contributed by atoms with Gasteiger partial charge in [0.05, 0.1) is 19.4 Å². The molecule has 0 spiro atoms. The Morgan fingerprint density at radius 1 is 1.08 bits per heavy atom. The van der Waals surface area contributed by atoms with Crippen molar-refractivity contribution in [3.8, 4) is 5.75 Å². The summed E-state index contributed by atoms with van der Waals surface area (Å²) in [6.45, 7) is 1.63. The summed E-state index contributed by atoms with van der Waals surface area (Å²) in [7, 11) is 1.56. The van der Waals surface area contributed by atoms with Gasteiger partial charge in [-0.3, -0.25) is 9.59 Å². The zero-order valence-electron chi connectivity index (χ0n) is 14.7. The number of hydrogen-bond acceptors (Lipinski definition) is 4. The molecule has 26 heavy (non-hydrogen) atoms. The van der Waals surface area contributed by atoms with Gasteiger partial charge in [-0.15, -0.1) is 0 Å². The van der Waals surface area contributed by atoms with Gasteiger partial charge in [0.1, 0.15) is 5.75 Å². The van der Waals surface area contributed by atoms with E-state index in [-0.39, 0.29) is 12.5 Å². The number of hydrazone groups is 1. The number of rotatable bonds is 7. The minimum atomic E-state index is -0.403. The molecule has 0 saturated carbocycles. The van der Waals surface area contributed by atoms with Crippen molar-refractivity contribution in [3.05, 3.63) is 71.8 Å². The molecule has 0 fully saturated rings. The number of carbonyl (C=O) groups excluding carboxylic acids is 2. The van der Waals surface area contributed by atoms with Crippen molar-refractivity contribution in [2.75, 3.05) is 13.7 Å². The molecule has 0 aliphatic heterocycles. The third-order valence-corrected chi connectivity index (χ3v) is 3.52. The number of methoxy groups -OCH3 is 1. The molecule has 0 aromatic heterocycles. The highest BCUT2D eigenvalue weighted by atomic mass is 16.5. The number of nitrogens with one attached hydrogen (secondary N) is 2. The third-order valence-electron chi connectivity index (χ3n) is 3.52. The van der Waals surface area contributed by atoms with E-state index in [2.05, 4.69) is 15.8 Å². The van der Waals surface area contributed by atoms with Gasteiger partial charge in [-0.2, -0.15) is 5.10 Å². The Labute approximate surface area is 152 Å². The van der Waals surface area contributed by atoms with Crippen LogP contribution in [0.1, 0.15) is 18.1 Å². The summed E-state index contributed by atoms with van der Waals surface area (Å²) in [6, 6.07) is 16.8. The van der Waals surface area contributed by atoms with Crippen LogP contribution in [0.5, 0.6) is 5.75 Å². The highest BCUT2D eigenvalue weighted by molar-refractivity contribution is 5.99. The zero-order chi connectivity index (χ0) is 18.8. The first-order chi connectivity index (χ1) is 12.6. The second-order valence-corrected chi connectivity index (χ2v) is 5.39. The summed E-state index contributed by atoms with van der Waals surface area (Å²) in [5, 5.41) is 6.53. The Morgan fingerprint density at radius 3 is 2.50 bits per heavy atom. The standard InChI is InChI=1S/C20H21N3O3/c1-15(16-8-4-3-5-9-16)22-23-20(25)14-21-19(24)13-12-17-10-6-7-11-18(17)26-2/h3-13H,14H2,1-2H3,(H,21,24)(H,23,25)/b13-12+,22-15+. The molecule has 2 amide bonds. The van der Waals surface area contributed by atoms with Crippen LogP contribution in [0, 0.1) is 0 Å². The number of benzene rings is 2. The van der Waals surface area contributed by atoms with E-state index in [1.807, 2.05) is 48.5 Å². The molecular formula is C20H21N3O3. The van der Waals surface area contributed by atoms with Crippen LogP contribution in [0.15, 0.2) is 65.8 Å². The fourth-order valence-electron chi connectivity index (χ4n) is 2.13. The molecule has 134 valence electrons. The van der Waals surface area contributed by atoms with Crippen molar-refractivity contribution in [1.29, 1.82) is 0 Å². The van der Waals surface area contributed by atoms with Gasteiger partial charge in [0.2, 0.25) is 5.91 Å². The highest BCUT2D eigenvalue weighted by Crippen LogP contribution is 2.18. The van der Waals surface area contributed by atoms with Gasteiger partial charge in [-0.1, -0.05) is 48.5 Å². The Morgan fingerprint density at radius 2 is 1.77 bits per heavy atom. The lowest BCUT2D eigenvalue weighted by atomic mass is 10.1. The quantitative estimate of drug-likeness (QED) is 0.457. The Bertz CT molecular complexity index is 814. The van der Waals surface area contributed by atoms with E-state index < -0.39 is 5.91 Å². The number of ether oxygens (including phenoxy) is 1. The molecule has 0 aliphatic carbocycles. The SMILES string of the molecule is COc1ccccc1/C=C/C(=O)NCC(=O)N/N=C(\C)c1ccccc1. The second kappa shape index (κ2) is 9.78. The molecule has 6 nitrogen and oxygen atoms in total. The lowest BCUT2D eigenvalue weighted by molar-refractivity contribution is -0.123. The molecule has 2 rings (SSSR count). The van der Waals surface area contributed by atoms with Crippen LogP contribution in [-0.2, 0) is 9.59 Å². The summed E-state index contributed by atoms with van der Waals surface area (Å²) >= 11 is 0. The van der Waals surface area contributed by atoms with Crippen LogP contribution in [0.4, 0.5) is 0 Å². The topological polar surface area (TPSA) is 79.8 Å². The van der Waals surface area contributed by atoms with Crippen molar-refractivity contribution in [3.63, 3.8) is 0 Å². The van der Waals surface area contributed by atoms with E-state index in [9.17, 15) is 9.59 Å². The number of nitrogens with zero attached hydrogens (tertiary/aromatic N) is 1. The first-order valence-electron chi connectivity index (χ1n) is 8.07. The Balaban J connectivity index is 1.81. The Kier molecular flexibility index (Phi) is 7.12.